The van der Waals surface area contributed by atoms with E-state index in [0.717, 1.165) is 58.7 Å². The number of hydrogen-bond acceptors (Lipinski definition) is 3. The van der Waals surface area contributed by atoms with Gasteiger partial charge in [-0.3, -0.25) is 9.38 Å². The summed E-state index contributed by atoms with van der Waals surface area (Å²) in [6.07, 6.45) is 10.4. The van der Waals surface area contributed by atoms with Gasteiger partial charge in [-0.1, -0.05) is 0 Å². The second kappa shape index (κ2) is 6.02. The van der Waals surface area contributed by atoms with Crippen LogP contribution in [0.3, 0.4) is 0 Å². The Morgan fingerprint density at radius 3 is 2.73 bits per heavy atom. The Morgan fingerprint density at radius 1 is 1.08 bits per heavy atom. The van der Waals surface area contributed by atoms with E-state index in [1.807, 2.05) is 12.1 Å². The lowest BCUT2D eigenvalue weighted by molar-refractivity contribution is 0.0655. The zero-order valence-corrected chi connectivity index (χ0v) is 14.7. The number of fused-ring (bicyclic) bond motifs is 6. The van der Waals surface area contributed by atoms with Gasteiger partial charge in [0.25, 0.3) is 0 Å². The Balaban J connectivity index is 1.73. The number of methoxy groups -OCH3 is 1. The fraction of sp³-hybridized carbons (Fsp3) is 0.333. The Morgan fingerprint density at radius 2 is 1.92 bits per heavy atom. The number of pyridine rings is 2. The van der Waals surface area contributed by atoms with Crippen molar-refractivity contribution in [3.8, 4) is 0 Å². The third-order valence-electron chi connectivity index (χ3n) is 5.72. The normalized spacial score (nSPS) is 21.0. The highest BCUT2D eigenvalue weighted by Gasteiger charge is 2.24. The van der Waals surface area contributed by atoms with Crippen LogP contribution in [0.15, 0.2) is 42.9 Å². The van der Waals surface area contributed by atoms with Crippen LogP contribution in [-0.4, -0.2) is 27.6 Å². The van der Waals surface area contributed by atoms with Gasteiger partial charge in [-0.05, 0) is 55.3 Å². The number of imidazole rings is 1. The largest absolute Gasteiger partial charge is 0.381 e. The summed E-state index contributed by atoms with van der Waals surface area (Å²) < 4.78 is 21.5. The molecule has 1 aliphatic rings. The minimum atomic E-state index is -0.239. The highest BCUT2D eigenvalue weighted by atomic mass is 19.1. The van der Waals surface area contributed by atoms with E-state index in [-0.39, 0.29) is 5.82 Å². The predicted octanol–water partition coefficient (Wildman–Crippen LogP) is 4.85. The van der Waals surface area contributed by atoms with Crippen molar-refractivity contribution >= 4 is 27.3 Å². The molecule has 132 valence electrons. The van der Waals surface area contributed by atoms with Gasteiger partial charge < -0.3 is 4.74 Å². The van der Waals surface area contributed by atoms with E-state index >= 15 is 0 Å². The van der Waals surface area contributed by atoms with Crippen molar-refractivity contribution in [3.05, 3.63) is 54.4 Å². The second-order valence-corrected chi connectivity index (χ2v) is 7.15. The molecule has 0 amide bonds. The lowest BCUT2D eigenvalue weighted by atomic mass is 9.85. The highest BCUT2D eigenvalue weighted by molar-refractivity contribution is 6.11. The average Bonchev–Trinajstić information content (AvgIpc) is 3.14. The van der Waals surface area contributed by atoms with E-state index in [1.165, 1.54) is 6.07 Å². The van der Waals surface area contributed by atoms with E-state index in [9.17, 15) is 4.39 Å². The number of rotatable bonds is 2. The number of hydrogen-bond donors (Lipinski definition) is 0. The summed E-state index contributed by atoms with van der Waals surface area (Å²) in [5, 5.41) is 2.77. The molecule has 1 aromatic carbocycles. The SMILES string of the molecule is COC1CCC(c2cn3c4ccncc4c4cc(F)ccc4c3n2)CC1. The Hall–Kier alpha value is -2.53. The molecule has 1 saturated carbocycles. The van der Waals surface area contributed by atoms with Gasteiger partial charge in [-0.25, -0.2) is 9.37 Å². The van der Waals surface area contributed by atoms with Crippen molar-refractivity contribution in [2.45, 2.75) is 37.7 Å². The van der Waals surface area contributed by atoms with E-state index in [1.54, 1.807) is 25.6 Å². The van der Waals surface area contributed by atoms with Crippen LogP contribution in [0.4, 0.5) is 4.39 Å². The number of aromatic nitrogens is 3. The van der Waals surface area contributed by atoms with E-state index < -0.39 is 0 Å². The number of ether oxygens (including phenoxy) is 1. The molecule has 1 aliphatic carbocycles. The topological polar surface area (TPSA) is 39.4 Å². The standard InChI is InChI=1S/C21H20FN3O/c1-26-15-5-2-13(3-6-15)19-12-25-20-8-9-23-11-18(20)17-10-14(22)4-7-16(17)21(25)24-19/h4,7-13,15H,2-3,5-6H2,1H3. The summed E-state index contributed by atoms with van der Waals surface area (Å²) in [5.41, 5.74) is 3.02. The first-order valence-electron chi connectivity index (χ1n) is 9.11. The quantitative estimate of drug-likeness (QED) is 0.486. The molecule has 0 aliphatic heterocycles. The van der Waals surface area contributed by atoms with Gasteiger partial charge in [-0.2, -0.15) is 0 Å². The number of nitrogens with zero attached hydrogens (tertiary/aromatic N) is 3. The van der Waals surface area contributed by atoms with Crippen LogP contribution < -0.4 is 0 Å². The van der Waals surface area contributed by atoms with Gasteiger partial charge in [-0.15, -0.1) is 0 Å². The first-order valence-corrected chi connectivity index (χ1v) is 9.11. The molecule has 0 bridgehead atoms. The summed E-state index contributed by atoms with van der Waals surface area (Å²) in [7, 11) is 1.79. The van der Waals surface area contributed by atoms with E-state index in [0.29, 0.717) is 12.0 Å². The molecule has 0 N–H and O–H groups in total. The van der Waals surface area contributed by atoms with Crippen LogP contribution >= 0.6 is 0 Å². The van der Waals surface area contributed by atoms with Crippen LogP contribution in [0.1, 0.15) is 37.3 Å². The van der Waals surface area contributed by atoms with Crippen LogP contribution in [0, 0.1) is 5.82 Å². The fourth-order valence-electron chi connectivity index (χ4n) is 4.30. The van der Waals surface area contributed by atoms with Crippen molar-refractivity contribution in [1.82, 2.24) is 14.4 Å². The lowest BCUT2D eigenvalue weighted by Crippen LogP contribution is -2.19. The molecule has 0 radical (unpaired) electrons. The predicted molar refractivity (Wildman–Crippen MR) is 100.0 cm³/mol. The molecule has 26 heavy (non-hydrogen) atoms. The molecule has 4 aromatic rings. The van der Waals surface area contributed by atoms with Gasteiger partial charge in [0.15, 0.2) is 0 Å². The van der Waals surface area contributed by atoms with Crippen molar-refractivity contribution in [2.75, 3.05) is 7.11 Å². The van der Waals surface area contributed by atoms with Gasteiger partial charge in [0, 0.05) is 42.4 Å². The third kappa shape index (κ3) is 2.38. The Kier molecular flexibility index (Phi) is 3.64. The summed E-state index contributed by atoms with van der Waals surface area (Å²) in [4.78, 5) is 9.22. The molecule has 3 heterocycles. The molecule has 3 aromatic heterocycles. The fourth-order valence-corrected chi connectivity index (χ4v) is 4.30. The minimum absolute atomic E-state index is 0.239. The Labute approximate surface area is 150 Å². The van der Waals surface area contributed by atoms with Crippen LogP contribution in [0.5, 0.6) is 0 Å². The molecule has 4 nitrogen and oxygen atoms in total. The molecular weight excluding hydrogens is 329 g/mol. The second-order valence-electron chi connectivity index (χ2n) is 7.15. The molecule has 0 unspecified atom stereocenters. The third-order valence-corrected chi connectivity index (χ3v) is 5.72. The number of benzene rings is 1. The Bertz CT molecular complexity index is 1110. The van der Waals surface area contributed by atoms with Gasteiger partial charge in [0.2, 0.25) is 0 Å². The lowest BCUT2D eigenvalue weighted by Gasteiger charge is -2.26. The zero-order valence-electron chi connectivity index (χ0n) is 14.7. The maximum atomic E-state index is 13.9. The number of halogens is 1. The molecule has 5 heteroatoms. The molecule has 1 fully saturated rings. The molecule has 0 saturated heterocycles. The average molecular weight is 349 g/mol. The van der Waals surface area contributed by atoms with Crippen molar-refractivity contribution in [2.24, 2.45) is 0 Å². The van der Waals surface area contributed by atoms with Crippen molar-refractivity contribution in [3.63, 3.8) is 0 Å². The van der Waals surface area contributed by atoms with E-state index in [2.05, 4.69) is 15.6 Å². The van der Waals surface area contributed by atoms with Gasteiger partial charge in [0.05, 0.1) is 17.3 Å². The van der Waals surface area contributed by atoms with Crippen LogP contribution in [0.2, 0.25) is 0 Å². The molecular formula is C21H20FN3O. The first-order chi connectivity index (χ1) is 12.7. The first kappa shape index (κ1) is 15.7. The molecule has 0 atom stereocenters. The van der Waals surface area contributed by atoms with Gasteiger partial charge >= 0.3 is 0 Å². The maximum absolute atomic E-state index is 13.9. The monoisotopic (exact) mass is 349 g/mol. The maximum Gasteiger partial charge on any atom is 0.145 e. The highest BCUT2D eigenvalue weighted by Crippen LogP contribution is 2.36. The van der Waals surface area contributed by atoms with Gasteiger partial charge in [0.1, 0.15) is 11.5 Å². The molecule has 5 rings (SSSR count). The zero-order chi connectivity index (χ0) is 17.7. The van der Waals surface area contributed by atoms with Crippen molar-refractivity contribution < 1.29 is 9.13 Å². The molecule has 0 spiro atoms. The van der Waals surface area contributed by atoms with E-state index in [4.69, 9.17) is 9.72 Å². The van der Waals surface area contributed by atoms with Crippen LogP contribution in [0.25, 0.3) is 27.3 Å². The summed E-state index contributed by atoms with van der Waals surface area (Å²) in [6, 6.07) is 6.88. The minimum Gasteiger partial charge on any atom is -0.381 e. The van der Waals surface area contributed by atoms with Crippen LogP contribution in [-0.2, 0) is 4.74 Å². The summed E-state index contributed by atoms with van der Waals surface area (Å²) in [6.45, 7) is 0. The summed E-state index contributed by atoms with van der Waals surface area (Å²) in [5.74, 6) is 0.213. The summed E-state index contributed by atoms with van der Waals surface area (Å²) >= 11 is 0. The smallest absolute Gasteiger partial charge is 0.145 e. The van der Waals surface area contributed by atoms with Crippen molar-refractivity contribution in [1.29, 1.82) is 0 Å².